The molecule has 2 fully saturated rings. The van der Waals surface area contributed by atoms with Crippen molar-refractivity contribution in [1.29, 1.82) is 0 Å². The van der Waals surface area contributed by atoms with Gasteiger partial charge in [0, 0.05) is 15.7 Å². The van der Waals surface area contributed by atoms with Crippen molar-refractivity contribution in [2.75, 3.05) is 5.75 Å². The highest BCUT2D eigenvalue weighted by molar-refractivity contribution is 7.92. The van der Waals surface area contributed by atoms with Gasteiger partial charge in [0.15, 0.2) is 9.84 Å². The Bertz CT molecular complexity index is 1360. The quantitative estimate of drug-likeness (QED) is 0.423. The topological polar surface area (TPSA) is 101 Å². The molecule has 1 amide bonds. The molecule has 1 N–H and O–H groups in total. The summed E-state index contributed by atoms with van der Waals surface area (Å²) in [7, 11) is -3.68. The van der Waals surface area contributed by atoms with Gasteiger partial charge in [0.25, 0.3) is 5.91 Å². The molecule has 1 heterocycles. The highest BCUT2D eigenvalue weighted by atomic mass is 35.5. The molecular formula is C28H31Cl2NO6S. The number of sulfone groups is 1. The van der Waals surface area contributed by atoms with Gasteiger partial charge in [-0.25, -0.2) is 8.42 Å². The van der Waals surface area contributed by atoms with E-state index in [-0.39, 0.29) is 5.75 Å². The van der Waals surface area contributed by atoms with Gasteiger partial charge in [-0.1, -0.05) is 47.5 Å². The van der Waals surface area contributed by atoms with Crippen LogP contribution in [0.15, 0.2) is 59.8 Å². The Balaban J connectivity index is 1.95. The van der Waals surface area contributed by atoms with Gasteiger partial charge in [-0.2, -0.15) is 0 Å². The van der Waals surface area contributed by atoms with Crippen LogP contribution in [-0.4, -0.2) is 46.9 Å². The van der Waals surface area contributed by atoms with Crippen LogP contribution in [0.1, 0.15) is 69.7 Å². The average Bonchev–Trinajstić information content (AvgIpc) is 2.78. The van der Waals surface area contributed by atoms with Crippen LogP contribution in [0, 0.1) is 0 Å². The molecule has 2 aliphatic rings. The minimum Gasteiger partial charge on any atom is -0.481 e. The maximum Gasteiger partial charge on any atom is 0.306 e. The normalized spacial score (nSPS) is 22.2. The molecule has 1 aliphatic heterocycles. The first-order chi connectivity index (χ1) is 17.8. The number of halogens is 2. The van der Waals surface area contributed by atoms with Crippen molar-refractivity contribution in [2.24, 2.45) is 0 Å². The monoisotopic (exact) mass is 579 g/mol. The first kappa shape index (κ1) is 28.6. The molecule has 0 unspecified atom stereocenters. The van der Waals surface area contributed by atoms with Crippen LogP contribution in [-0.2, 0) is 24.2 Å². The summed E-state index contributed by atoms with van der Waals surface area (Å²) in [5, 5.41) is 10.5. The van der Waals surface area contributed by atoms with E-state index in [9.17, 15) is 23.1 Å². The Morgan fingerprint density at radius 2 is 1.71 bits per heavy atom. The van der Waals surface area contributed by atoms with Crippen molar-refractivity contribution in [2.45, 2.75) is 69.5 Å². The lowest BCUT2D eigenvalue weighted by atomic mass is 9.86. The molecule has 7 nitrogen and oxygen atoms in total. The number of aliphatic carboxylic acids is 1. The first-order valence-corrected chi connectivity index (χ1v) is 14.8. The lowest BCUT2D eigenvalue weighted by molar-refractivity contribution is -0.175. The number of amides is 1. The molecule has 1 aliphatic carbocycles. The average molecular weight is 581 g/mol. The van der Waals surface area contributed by atoms with Gasteiger partial charge in [-0.3, -0.25) is 9.59 Å². The number of morpholine rings is 1. The summed E-state index contributed by atoms with van der Waals surface area (Å²) < 4.78 is 32.1. The highest BCUT2D eigenvalue weighted by Gasteiger charge is 2.48. The second kappa shape index (κ2) is 11.0. The zero-order valence-electron chi connectivity index (χ0n) is 21.5. The number of ether oxygens (including phenoxy) is 1. The summed E-state index contributed by atoms with van der Waals surface area (Å²) in [5.74, 6) is -2.12. The van der Waals surface area contributed by atoms with Gasteiger partial charge >= 0.3 is 5.97 Å². The number of benzene rings is 2. The summed E-state index contributed by atoms with van der Waals surface area (Å²) in [6, 6.07) is 13.1. The molecule has 2 aromatic carbocycles. The summed E-state index contributed by atoms with van der Waals surface area (Å²) in [5.41, 5.74) is 2.60. The van der Waals surface area contributed by atoms with E-state index in [4.69, 9.17) is 27.9 Å². The van der Waals surface area contributed by atoms with Gasteiger partial charge in [-0.05, 0) is 81.0 Å². The molecule has 1 saturated heterocycles. The Morgan fingerprint density at radius 1 is 1.05 bits per heavy atom. The van der Waals surface area contributed by atoms with Crippen molar-refractivity contribution >= 4 is 44.9 Å². The second-order valence-electron chi connectivity index (χ2n) is 10.7. The zero-order chi connectivity index (χ0) is 27.8. The van der Waals surface area contributed by atoms with E-state index >= 15 is 0 Å². The van der Waals surface area contributed by atoms with Gasteiger partial charge in [0.05, 0.1) is 23.0 Å². The largest absolute Gasteiger partial charge is 0.481 e. The number of carbonyl (C=O) groups excluding carboxylic acids is 1. The fraction of sp³-hybridized carbons (Fsp3) is 0.429. The minimum absolute atomic E-state index is 0.344. The molecule has 3 atom stereocenters. The summed E-state index contributed by atoms with van der Waals surface area (Å²) in [6.45, 7) is 4.89. The third-order valence-corrected chi connectivity index (χ3v) is 10.1. The van der Waals surface area contributed by atoms with Crippen LogP contribution in [0.4, 0.5) is 0 Å². The molecule has 1 saturated carbocycles. The van der Waals surface area contributed by atoms with Crippen LogP contribution in [0.25, 0.3) is 0 Å². The molecule has 0 bridgehead atoms. The number of nitrogens with zero attached hydrogens (tertiary/aromatic N) is 1. The molecule has 0 spiro atoms. The number of hydrogen-bond acceptors (Lipinski definition) is 5. The fourth-order valence-corrected chi connectivity index (χ4v) is 6.10. The maximum atomic E-state index is 14.0. The molecule has 4 rings (SSSR count). The lowest BCUT2D eigenvalue weighted by Crippen LogP contribution is -2.52. The first-order valence-electron chi connectivity index (χ1n) is 12.4. The van der Waals surface area contributed by atoms with Crippen LogP contribution in [0.2, 0.25) is 10.0 Å². The van der Waals surface area contributed by atoms with Crippen molar-refractivity contribution < 1.29 is 27.9 Å². The highest BCUT2D eigenvalue weighted by Crippen LogP contribution is 2.47. The van der Waals surface area contributed by atoms with E-state index < -0.39 is 51.1 Å². The van der Waals surface area contributed by atoms with Crippen LogP contribution >= 0.6 is 23.2 Å². The zero-order valence-corrected chi connectivity index (χ0v) is 23.8. The molecule has 10 heteroatoms. The van der Waals surface area contributed by atoms with Gasteiger partial charge in [0.1, 0.15) is 12.2 Å². The van der Waals surface area contributed by atoms with E-state index in [2.05, 4.69) is 0 Å². The maximum absolute atomic E-state index is 14.0. The number of carboxylic acid groups (broad SMARTS) is 1. The molecule has 204 valence electrons. The Hall–Kier alpha value is -2.39. The number of hydrogen-bond donors (Lipinski definition) is 1. The third-order valence-electron chi connectivity index (χ3n) is 7.05. The molecule has 2 aromatic rings. The Kier molecular flexibility index (Phi) is 8.28. The molecular weight excluding hydrogens is 549 g/mol. The number of allylic oxidation sites excluding steroid dienone is 1. The van der Waals surface area contributed by atoms with Crippen molar-refractivity contribution in [3.63, 3.8) is 0 Å². The van der Waals surface area contributed by atoms with E-state index in [0.717, 1.165) is 12.0 Å². The Morgan fingerprint density at radius 3 is 2.24 bits per heavy atom. The number of carbonyl (C=O) groups is 2. The SMILES string of the molecule is CC(C)(C)S(=O)(=O)CC(=C1CCC1)N1C(=O)[C@H](CC(=O)O)O[C@H](c2cccc(Cl)c2)[C@H]1c1ccc(Cl)cc1. The fourth-order valence-electron chi connectivity index (χ4n) is 4.64. The molecule has 0 radical (unpaired) electrons. The van der Waals surface area contributed by atoms with Crippen LogP contribution in [0.5, 0.6) is 0 Å². The summed E-state index contributed by atoms with van der Waals surface area (Å²) >= 11 is 12.5. The van der Waals surface area contributed by atoms with Crippen molar-refractivity contribution in [3.05, 3.63) is 81.0 Å². The van der Waals surface area contributed by atoms with Crippen molar-refractivity contribution in [3.8, 4) is 0 Å². The minimum atomic E-state index is -3.68. The Labute approximate surface area is 233 Å². The van der Waals surface area contributed by atoms with Crippen LogP contribution < -0.4 is 0 Å². The third kappa shape index (κ3) is 5.93. The van der Waals surface area contributed by atoms with E-state index in [0.29, 0.717) is 39.7 Å². The second-order valence-corrected chi connectivity index (χ2v) is 14.3. The van der Waals surface area contributed by atoms with Gasteiger partial charge < -0.3 is 14.7 Å². The lowest BCUT2D eigenvalue weighted by Gasteiger charge is -2.47. The molecule has 38 heavy (non-hydrogen) atoms. The van der Waals surface area contributed by atoms with Crippen LogP contribution in [0.3, 0.4) is 0 Å². The number of rotatable bonds is 7. The smallest absolute Gasteiger partial charge is 0.306 e. The van der Waals surface area contributed by atoms with Crippen molar-refractivity contribution in [1.82, 2.24) is 4.90 Å². The summed E-state index contributed by atoms with van der Waals surface area (Å²) in [6.07, 6.45) is -0.474. The predicted octanol–water partition coefficient (Wildman–Crippen LogP) is 6.13. The van der Waals surface area contributed by atoms with E-state index in [1.165, 1.54) is 4.90 Å². The number of carboxylic acids is 1. The summed E-state index contributed by atoms with van der Waals surface area (Å²) in [4.78, 5) is 27.3. The predicted molar refractivity (Wildman–Crippen MR) is 147 cm³/mol. The van der Waals surface area contributed by atoms with E-state index in [1.807, 2.05) is 0 Å². The van der Waals surface area contributed by atoms with E-state index in [1.54, 1.807) is 69.3 Å². The molecule has 0 aromatic heterocycles. The van der Waals surface area contributed by atoms with Gasteiger partial charge in [-0.15, -0.1) is 0 Å². The van der Waals surface area contributed by atoms with Gasteiger partial charge in [0.2, 0.25) is 0 Å². The standard InChI is InChI=1S/C28H31Cl2NO6S/c1-28(2,3)38(35,36)16-22(17-6-4-7-17)31-25(18-10-12-20(29)13-11-18)26(19-8-5-9-21(30)14-19)37-23(27(31)34)15-24(32)33/h5,8-14,23,25-26H,4,6-7,15-16H2,1-3H3,(H,32,33)/t23-,25+,26+/m0/s1.